The van der Waals surface area contributed by atoms with E-state index in [1.165, 1.54) is 0 Å². The van der Waals surface area contributed by atoms with Gasteiger partial charge in [0.05, 0.1) is 12.5 Å². The van der Waals surface area contributed by atoms with E-state index in [0.717, 1.165) is 42.8 Å². The number of aromatic nitrogens is 4. The molecule has 2 N–H and O–H groups in total. The third-order valence-electron chi connectivity index (χ3n) is 5.33. The van der Waals surface area contributed by atoms with Gasteiger partial charge in [-0.15, -0.1) is 0 Å². The van der Waals surface area contributed by atoms with E-state index in [4.69, 9.17) is 0 Å². The van der Waals surface area contributed by atoms with Crippen molar-refractivity contribution in [2.45, 2.75) is 38.8 Å². The molecule has 0 unspecified atom stereocenters. The number of rotatable bonds is 5. The Morgan fingerprint density at radius 1 is 1.14 bits per heavy atom. The Labute approximate surface area is 170 Å². The van der Waals surface area contributed by atoms with Crippen LogP contribution in [0.3, 0.4) is 0 Å². The summed E-state index contributed by atoms with van der Waals surface area (Å²) in [7, 11) is 2.11. The van der Waals surface area contributed by atoms with Crippen molar-refractivity contribution in [2.75, 3.05) is 25.5 Å². The van der Waals surface area contributed by atoms with Gasteiger partial charge in [0.1, 0.15) is 5.52 Å². The van der Waals surface area contributed by atoms with Crippen molar-refractivity contribution in [1.29, 1.82) is 0 Å². The fraction of sp³-hybridized carbons (Fsp3) is 0.429. The minimum absolute atomic E-state index is 0.0235. The SMILES string of the molecule is CC(C)n1cnc2cnc(Nc3ccc(C(=O)NC4CCN(C)CC4)cc3)nc21. The van der Waals surface area contributed by atoms with E-state index in [0.29, 0.717) is 11.5 Å². The number of nitrogens with one attached hydrogen (secondary N) is 2. The predicted molar refractivity (Wildman–Crippen MR) is 113 cm³/mol. The Morgan fingerprint density at radius 2 is 1.86 bits per heavy atom. The monoisotopic (exact) mass is 393 g/mol. The van der Waals surface area contributed by atoms with Gasteiger partial charge in [0.15, 0.2) is 5.65 Å². The minimum Gasteiger partial charge on any atom is -0.349 e. The van der Waals surface area contributed by atoms with Gasteiger partial charge in [-0.25, -0.2) is 9.97 Å². The van der Waals surface area contributed by atoms with Gasteiger partial charge in [0.25, 0.3) is 5.91 Å². The maximum atomic E-state index is 12.5. The number of amides is 1. The molecule has 8 nitrogen and oxygen atoms in total. The van der Waals surface area contributed by atoms with Gasteiger partial charge in [-0.05, 0) is 71.1 Å². The molecule has 0 atom stereocenters. The average molecular weight is 393 g/mol. The first kappa shape index (κ1) is 19.3. The fourth-order valence-corrected chi connectivity index (χ4v) is 3.52. The van der Waals surface area contributed by atoms with Crippen LogP contribution in [0.2, 0.25) is 0 Å². The summed E-state index contributed by atoms with van der Waals surface area (Å²) >= 11 is 0. The van der Waals surface area contributed by atoms with Crippen molar-refractivity contribution in [3.8, 4) is 0 Å². The number of carbonyl (C=O) groups is 1. The minimum atomic E-state index is -0.0235. The molecule has 1 amide bonds. The van der Waals surface area contributed by atoms with Crippen LogP contribution >= 0.6 is 0 Å². The van der Waals surface area contributed by atoms with Gasteiger partial charge < -0.3 is 20.1 Å². The molecule has 3 aromatic rings. The third-order valence-corrected chi connectivity index (χ3v) is 5.33. The standard InChI is InChI=1S/C21H27N7O/c1-14(2)28-13-23-18-12-22-21(26-19(18)28)25-16-6-4-15(5-7-16)20(29)24-17-8-10-27(3)11-9-17/h4-7,12-14,17H,8-11H2,1-3H3,(H,24,29)(H,22,25,26). The van der Waals surface area contributed by atoms with Gasteiger partial charge in [-0.1, -0.05) is 0 Å². The van der Waals surface area contributed by atoms with Crippen LogP contribution in [0.4, 0.5) is 11.6 Å². The third kappa shape index (κ3) is 4.37. The van der Waals surface area contributed by atoms with E-state index in [1.807, 2.05) is 28.8 Å². The first-order valence-corrected chi connectivity index (χ1v) is 10.1. The van der Waals surface area contributed by atoms with Crippen LogP contribution in [0.5, 0.6) is 0 Å². The van der Waals surface area contributed by atoms with E-state index in [-0.39, 0.29) is 18.0 Å². The fourth-order valence-electron chi connectivity index (χ4n) is 3.52. The Balaban J connectivity index is 1.42. The molecule has 0 saturated carbocycles. The number of benzene rings is 1. The zero-order chi connectivity index (χ0) is 20.4. The Morgan fingerprint density at radius 3 is 2.55 bits per heavy atom. The number of carbonyl (C=O) groups excluding carboxylic acids is 1. The van der Waals surface area contributed by atoms with Crippen LogP contribution in [-0.2, 0) is 0 Å². The highest BCUT2D eigenvalue weighted by Crippen LogP contribution is 2.19. The molecule has 3 heterocycles. The predicted octanol–water partition coefficient (Wildman–Crippen LogP) is 2.97. The number of hydrogen-bond acceptors (Lipinski definition) is 6. The lowest BCUT2D eigenvalue weighted by atomic mass is 10.0. The van der Waals surface area contributed by atoms with E-state index >= 15 is 0 Å². The van der Waals surface area contributed by atoms with Gasteiger partial charge >= 0.3 is 0 Å². The molecule has 2 aromatic heterocycles. The molecule has 8 heteroatoms. The lowest BCUT2D eigenvalue weighted by Crippen LogP contribution is -2.43. The summed E-state index contributed by atoms with van der Waals surface area (Å²) in [6.07, 6.45) is 5.49. The van der Waals surface area contributed by atoms with Gasteiger partial charge in [0, 0.05) is 23.3 Å². The normalized spacial score (nSPS) is 15.7. The lowest BCUT2D eigenvalue weighted by molar-refractivity contribution is 0.0917. The second kappa shape index (κ2) is 8.16. The van der Waals surface area contributed by atoms with Crippen molar-refractivity contribution < 1.29 is 4.79 Å². The maximum absolute atomic E-state index is 12.5. The zero-order valence-corrected chi connectivity index (χ0v) is 17.1. The Bertz CT molecular complexity index is 988. The highest BCUT2D eigenvalue weighted by atomic mass is 16.1. The van der Waals surface area contributed by atoms with Crippen molar-refractivity contribution in [3.63, 3.8) is 0 Å². The number of nitrogens with zero attached hydrogens (tertiary/aromatic N) is 5. The quantitative estimate of drug-likeness (QED) is 0.693. The number of hydrogen-bond donors (Lipinski definition) is 2. The number of imidazole rings is 1. The number of fused-ring (bicyclic) bond motifs is 1. The Hall–Kier alpha value is -3.00. The van der Waals surface area contributed by atoms with Gasteiger partial charge in [-0.3, -0.25) is 4.79 Å². The molecule has 4 rings (SSSR count). The van der Waals surface area contributed by atoms with Crippen LogP contribution in [0.25, 0.3) is 11.2 Å². The van der Waals surface area contributed by atoms with E-state index in [1.54, 1.807) is 12.5 Å². The summed E-state index contributed by atoms with van der Waals surface area (Å²) in [5.41, 5.74) is 3.05. The van der Waals surface area contributed by atoms with Crippen LogP contribution in [0, 0.1) is 0 Å². The number of anilines is 2. The van der Waals surface area contributed by atoms with Crippen LogP contribution in [-0.4, -0.2) is 56.5 Å². The van der Waals surface area contributed by atoms with Crippen LogP contribution in [0.15, 0.2) is 36.8 Å². The van der Waals surface area contributed by atoms with Crippen molar-refractivity contribution >= 4 is 28.7 Å². The van der Waals surface area contributed by atoms with Gasteiger partial charge in [0.2, 0.25) is 5.95 Å². The molecule has 0 bridgehead atoms. The Kier molecular flexibility index (Phi) is 5.44. The lowest BCUT2D eigenvalue weighted by Gasteiger charge is -2.29. The highest BCUT2D eigenvalue weighted by Gasteiger charge is 2.19. The molecular formula is C21H27N7O. The van der Waals surface area contributed by atoms with Crippen molar-refractivity contribution in [2.24, 2.45) is 0 Å². The molecule has 0 radical (unpaired) electrons. The summed E-state index contributed by atoms with van der Waals surface area (Å²) in [5.74, 6) is 0.480. The van der Waals surface area contributed by atoms with Crippen molar-refractivity contribution in [3.05, 3.63) is 42.4 Å². The van der Waals surface area contributed by atoms with Crippen LogP contribution in [0.1, 0.15) is 43.1 Å². The maximum Gasteiger partial charge on any atom is 0.251 e. The molecule has 1 aromatic carbocycles. The summed E-state index contributed by atoms with van der Waals surface area (Å²) in [5, 5.41) is 6.34. The first-order valence-electron chi connectivity index (χ1n) is 10.1. The average Bonchev–Trinajstić information content (AvgIpc) is 3.14. The van der Waals surface area contributed by atoms with E-state index in [2.05, 4.69) is 51.4 Å². The summed E-state index contributed by atoms with van der Waals surface area (Å²) in [4.78, 5) is 28.0. The second-order valence-corrected chi connectivity index (χ2v) is 7.90. The molecule has 0 aliphatic carbocycles. The summed E-state index contributed by atoms with van der Waals surface area (Å²) in [6, 6.07) is 7.91. The molecule has 29 heavy (non-hydrogen) atoms. The molecular weight excluding hydrogens is 366 g/mol. The summed E-state index contributed by atoms with van der Waals surface area (Å²) in [6.45, 7) is 6.22. The first-order chi connectivity index (χ1) is 14.0. The number of piperidine rings is 1. The molecule has 0 spiro atoms. The largest absolute Gasteiger partial charge is 0.349 e. The summed E-state index contributed by atoms with van der Waals surface area (Å²) < 4.78 is 2.01. The van der Waals surface area contributed by atoms with E-state index in [9.17, 15) is 4.79 Å². The molecule has 1 fully saturated rings. The number of likely N-dealkylation sites (tertiary alicyclic amines) is 1. The second-order valence-electron chi connectivity index (χ2n) is 7.90. The highest BCUT2D eigenvalue weighted by molar-refractivity contribution is 5.94. The molecule has 1 aliphatic rings. The zero-order valence-electron chi connectivity index (χ0n) is 17.1. The molecule has 1 saturated heterocycles. The van der Waals surface area contributed by atoms with Crippen molar-refractivity contribution in [1.82, 2.24) is 29.7 Å². The molecule has 1 aliphatic heterocycles. The topological polar surface area (TPSA) is 88.0 Å². The smallest absolute Gasteiger partial charge is 0.251 e. The van der Waals surface area contributed by atoms with E-state index < -0.39 is 0 Å². The molecule has 152 valence electrons. The van der Waals surface area contributed by atoms with Crippen LogP contribution < -0.4 is 10.6 Å². The van der Waals surface area contributed by atoms with Gasteiger partial charge in [-0.2, -0.15) is 4.98 Å².